The van der Waals surface area contributed by atoms with Crippen LogP contribution in [-0.2, 0) is 4.79 Å². The summed E-state index contributed by atoms with van der Waals surface area (Å²) in [5, 5.41) is 17.4. The average molecular weight is 489 g/mol. The van der Waals surface area contributed by atoms with Crippen LogP contribution in [0.4, 0.5) is 0 Å². The molecule has 5 aromatic rings. The molecule has 7 nitrogen and oxygen atoms in total. The Morgan fingerprint density at radius 2 is 1.78 bits per heavy atom. The van der Waals surface area contributed by atoms with Crippen molar-refractivity contribution in [1.29, 1.82) is 0 Å². The zero-order chi connectivity index (χ0) is 25.3. The molecule has 0 spiro atoms. The minimum atomic E-state index is -0.373. The van der Waals surface area contributed by atoms with E-state index in [-0.39, 0.29) is 22.9 Å². The third kappa shape index (κ3) is 3.34. The maximum atomic E-state index is 13.5. The fraction of sp³-hybridized carbons (Fsp3) is 0.200. The topological polar surface area (TPSA) is 89.6 Å². The third-order valence-electron chi connectivity index (χ3n) is 7.34. The van der Waals surface area contributed by atoms with Crippen molar-refractivity contribution in [3.8, 4) is 23.0 Å². The van der Waals surface area contributed by atoms with E-state index < -0.39 is 0 Å². The van der Waals surface area contributed by atoms with Crippen molar-refractivity contribution in [3.63, 3.8) is 0 Å². The SMILES string of the molecule is CC1(C)CC(=O)C2=C(C1)Oc1ncn3nc(-c4ccc5ccccc5c4O)nc3c1C2c1ccccc1. The van der Waals surface area contributed by atoms with Crippen molar-refractivity contribution in [2.24, 2.45) is 5.41 Å². The molecule has 37 heavy (non-hydrogen) atoms. The summed E-state index contributed by atoms with van der Waals surface area (Å²) in [7, 11) is 0. The van der Waals surface area contributed by atoms with E-state index in [2.05, 4.69) is 23.9 Å². The van der Waals surface area contributed by atoms with Crippen LogP contribution >= 0.6 is 0 Å². The molecular weight excluding hydrogens is 464 g/mol. The van der Waals surface area contributed by atoms with Gasteiger partial charge in [-0.1, -0.05) is 74.5 Å². The molecule has 1 N–H and O–H groups in total. The second-order valence-corrected chi connectivity index (χ2v) is 10.6. The average Bonchev–Trinajstić information content (AvgIpc) is 3.32. The van der Waals surface area contributed by atoms with E-state index in [1.807, 2.05) is 66.7 Å². The van der Waals surface area contributed by atoms with E-state index >= 15 is 0 Å². The van der Waals surface area contributed by atoms with Gasteiger partial charge in [0.1, 0.15) is 17.8 Å². The molecule has 7 heteroatoms. The van der Waals surface area contributed by atoms with Crippen LogP contribution in [0.3, 0.4) is 0 Å². The molecule has 1 atom stereocenters. The van der Waals surface area contributed by atoms with E-state index in [1.54, 1.807) is 10.8 Å². The molecule has 0 saturated heterocycles. The Kier molecular flexibility index (Phi) is 4.55. The highest BCUT2D eigenvalue weighted by Crippen LogP contribution is 2.50. The van der Waals surface area contributed by atoms with Crippen molar-refractivity contribution in [2.45, 2.75) is 32.6 Å². The number of aromatic nitrogens is 4. The van der Waals surface area contributed by atoms with Gasteiger partial charge >= 0.3 is 0 Å². The molecule has 0 amide bonds. The molecule has 1 aliphatic carbocycles. The first-order valence-corrected chi connectivity index (χ1v) is 12.3. The van der Waals surface area contributed by atoms with Gasteiger partial charge in [0.05, 0.1) is 11.1 Å². The standard InChI is InChI=1S/C30H24N4O3/c1-30(2)14-21(35)24-22(15-30)37-29-25(23(24)18-9-4-3-5-10-18)28-32-27(33-34(28)16-31-29)20-13-12-17-8-6-7-11-19(17)26(20)36/h3-13,16,23,36H,14-15H2,1-2H3. The number of Topliss-reactive ketones (excluding diaryl/α,β-unsaturated/α-hetero) is 1. The number of benzene rings is 3. The molecule has 0 saturated carbocycles. The number of allylic oxidation sites excluding steroid dienone is 2. The van der Waals surface area contributed by atoms with E-state index in [0.717, 1.165) is 16.3 Å². The molecule has 0 bridgehead atoms. The molecule has 1 aliphatic heterocycles. The number of phenols is 1. The van der Waals surface area contributed by atoms with Gasteiger partial charge in [0, 0.05) is 29.7 Å². The first kappa shape index (κ1) is 21.7. The van der Waals surface area contributed by atoms with Gasteiger partial charge in [-0.2, -0.15) is 0 Å². The summed E-state index contributed by atoms with van der Waals surface area (Å²) in [6.45, 7) is 4.17. The van der Waals surface area contributed by atoms with Gasteiger partial charge in [0.15, 0.2) is 17.3 Å². The lowest BCUT2D eigenvalue weighted by atomic mass is 9.70. The van der Waals surface area contributed by atoms with Crippen LogP contribution in [0, 0.1) is 5.41 Å². The van der Waals surface area contributed by atoms with Crippen LogP contribution in [0.5, 0.6) is 11.6 Å². The van der Waals surface area contributed by atoms with Gasteiger partial charge in [-0.25, -0.2) is 14.5 Å². The number of ketones is 1. The number of hydrogen-bond acceptors (Lipinski definition) is 6. The second-order valence-electron chi connectivity index (χ2n) is 10.6. The highest BCUT2D eigenvalue weighted by molar-refractivity contribution is 6.00. The van der Waals surface area contributed by atoms with E-state index in [0.29, 0.717) is 52.7 Å². The van der Waals surface area contributed by atoms with Crippen molar-refractivity contribution < 1.29 is 14.6 Å². The number of carbonyl (C=O) groups excluding carboxylic acids is 1. The molecule has 2 aromatic heterocycles. The maximum absolute atomic E-state index is 13.5. The van der Waals surface area contributed by atoms with Crippen molar-refractivity contribution in [2.75, 3.05) is 0 Å². The van der Waals surface area contributed by atoms with Crippen LogP contribution in [0.25, 0.3) is 27.8 Å². The minimum Gasteiger partial charge on any atom is -0.507 e. The predicted molar refractivity (Wildman–Crippen MR) is 139 cm³/mol. The molecule has 0 fully saturated rings. The fourth-order valence-corrected chi connectivity index (χ4v) is 5.67. The lowest BCUT2D eigenvalue weighted by molar-refractivity contribution is -0.118. The van der Waals surface area contributed by atoms with Gasteiger partial charge in [0.2, 0.25) is 5.88 Å². The largest absolute Gasteiger partial charge is 0.507 e. The number of carbonyl (C=O) groups is 1. The zero-order valence-electron chi connectivity index (χ0n) is 20.5. The van der Waals surface area contributed by atoms with Crippen LogP contribution in [0.2, 0.25) is 0 Å². The van der Waals surface area contributed by atoms with Crippen LogP contribution in [0.1, 0.15) is 43.7 Å². The molecule has 3 aromatic carbocycles. The number of aromatic hydroxyl groups is 1. The quantitative estimate of drug-likeness (QED) is 0.337. The zero-order valence-corrected chi connectivity index (χ0v) is 20.5. The lowest BCUT2D eigenvalue weighted by Crippen LogP contribution is -2.33. The highest BCUT2D eigenvalue weighted by atomic mass is 16.5. The van der Waals surface area contributed by atoms with E-state index in [9.17, 15) is 9.90 Å². The monoisotopic (exact) mass is 488 g/mol. The van der Waals surface area contributed by atoms with Crippen molar-refractivity contribution in [3.05, 3.63) is 95.5 Å². The lowest BCUT2D eigenvalue weighted by Gasteiger charge is -2.37. The fourth-order valence-electron chi connectivity index (χ4n) is 5.67. The number of phenolic OH excluding ortho intramolecular Hbond substituents is 1. The summed E-state index contributed by atoms with van der Waals surface area (Å²) in [5.74, 6) is 1.34. The summed E-state index contributed by atoms with van der Waals surface area (Å²) in [6.07, 6.45) is 2.69. The van der Waals surface area contributed by atoms with Crippen LogP contribution in [-0.4, -0.2) is 30.5 Å². The van der Waals surface area contributed by atoms with Gasteiger partial charge < -0.3 is 9.84 Å². The Hall–Kier alpha value is -4.52. The van der Waals surface area contributed by atoms with Crippen molar-refractivity contribution in [1.82, 2.24) is 19.6 Å². The number of ether oxygens (including phenoxy) is 1. The van der Waals surface area contributed by atoms with Crippen LogP contribution < -0.4 is 4.74 Å². The Balaban J connectivity index is 1.46. The maximum Gasteiger partial charge on any atom is 0.228 e. The second kappa shape index (κ2) is 7.74. The Labute approximate surface area is 213 Å². The van der Waals surface area contributed by atoms with Crippen molar-refractivity contribution >= 4 is 22.2 Å². The molecule has 182 valence electrons. The Bertz CT molecular complexity index is 1770. The summed E-state index contributed by atoms with van der Waals surface area (Å²) >= 11 is 0. The third-order valence-corrected chi connectivity index (χ3v) is 7.34. The number of fused-ring (bicyclic) bond motifs is 4. The molecule has 7 rings (SSSR count). The molecule has 2 aliphatic rings. The van der Waals surface area contributed by atoms with Gasteiger partial charge in [-0.05, 0) is 22.4 Å². The summed E-state index contributed by atoms with van der Waals surface area (Å²) in [6, 6.07) is 21.4. The first-order chi connectivity index (χ1) is 17.9. The summed E-state index contributed by atoms with van der Waals surface area (Å²) in [4.78, 5) is 23.0. The number of nitrogens with zero attached hydrogens (tertiary/aromatic N) is 4. The molecular formula is C30H24N4O3. The van der Waals surface area contributed by atoms with E-state index in [4.69, 9.17) is 9.72 Å². The summed E-state index contributed by atoms with van der Waals surface area (Å²) < 4.78 is 7.92. The Morgan fingerprint density at radius 3 is 2.62 bits per heavy atom. The Morgan fingerprint density at radius 1 is 1.00 bits per heavy atom. The van der Waals surface area contributed by atoms with Crippen LogP contribution in [0.15, 0.2) is 84.4 Å². The number of rotatable bonds is 2. The number of hydrogen-bond donors (Lipinski definition) is 1. The minimum absolute atomic E-state index is 0.0830. The molecule has 3 heterocycles. The molecule has 1 unspecified atom stereocenters. The smallest absolute Gasteiger partial charge is 0.228 e. The summed E-state index contributed by atoms with van der Waals surface area (Å²) in [5.41, 5.74) is 3.24. The van der Waals surface area contributed by atoms with E-state index in [1.165, 1.54) is 0 Å². The van der Waals surface area contributed by atoms with Gasteiger partial charge in [0.25, 0.3) is 0 Å². The predicted octanol–water partition coefficient (Wildman–Crippen LogP) is 5.82. The first-order valence-electron chi connectivity index (χ1n) is 12.3. The molecule has 0 radical (unpaired) electrons. The van der Waals surface area contributed by atoms with Gasteiger partial charge in [-0.3, -0.25) is 4.79 Å². The highest BCUT2D eigenvalue weighted by Gasteiger charge is 2.44. The normalized spacial score (nSPS) is 18.5. The van der Waals surface area contributed by atoms with Gasteiger partial charge in [-0.15, -0.1) is 5.10 Å².